The number of aromatic nitrogens is 3. The van der Waals surface area contributed by atoms with E-state index in [0.29, 0.717) is 5.52 Å². The Kier molecular flexibility index (Phi) is 5.62. The average molecular weight is 445 g/mol. The molecular formula is C22H22F3N5O2. The standard InChI is InChI=1S/C22H22F3N5O2/c1-12-20(31)29-18-14(27-12)4-3-13(17(18)23)11-22(25)7-9-30(10-8-22)16-6-5-15(21(32)26-2)28-19(16)24/h3-6H,7-11H2,1-2H3,(H,26,32)(H,29,31). The Labute approximate surface area is 181 Å². The Morgan fingerprint density at radius 3 is 2.56 bits per heavy atom. The van der Waals surface area contributed by atoms with Crippen LogP contribution in [0.25, 0.3) is 11.0 Å². The molecule has 0 spiro atoms. The highest BCUT2D eigenvalue weighted by atomic mass is 19.1. The van der Waals surface area contributed by atoms with Gasteiger partial charge in [0.15, 0.2) is 5.82 Å². The number of aryl methyl sites for hydroxylation is 1. The lowest BCUT2D eigenvalue weighted by Gasteiger charge is -2.37. The number of nitrogens with zero attached hydrogens (tertiary/aromatic N) is 3. The third-order valence-electron chi connectivity index (χ3n) is 5.85. The van der Waals surface area contributed by atoms with Crippen molar-refractivity contribution in [2.75, 3.05) is 25.0 Å². The molecule has 168 valence electrons. The predicted molar refractivity (Wildman–Crippen MR) is 114 cm³/mol. The van der Waals surface area contributed by atoms with Gasteiger partial charge in [-0.2, -0.15) is 4.39 Å². The van der Waals surface area contributed by atoms with Crippen molar-refractivity contribution in [1.29, 1.82) is 0 Å². The largest absolute Gasteiger partial charge is 0.368 e. The Hall–Kier alpha value is -3.43. The third-order valence-corrected chi connectivity index (χ3v) is 5.85. The van der Waals surface area contributed by atoms with E-state index in [9.17, 15) is 18.4 Å². The Balaban J connectivity index is 1.50. The van der Waals surface area contributed by atoms with Crippen molar-refractivity contribution >= 4 is 22.6 Å². The highest BCUT2D eigenvalue weighted by molar-refractivity contribution is 5.92. The van der Waals surface area contributed by atoms with Gasteiger partial charge >= 0.3 is 0 Å². The van der Waals surface area contributed by atoms with Crippen LogP contribution in [-0.4, -0.2) is 46.7 Å². The molecule has 1 saturated heterocycles. The van der Waals surface area contributed by atoms with Gasteiger partial charge in [-0.25, -0.2) is 18.7 Å². The summed E-state index contributed by atoms with van der Waals surface area (Å²) in [6.07, 6.45) is -0.0531. The summed E-state index contributed by atoms with van der Waals surface area (Å²) in [4.78, 5) is 35.3. The van der Waals surface area contributed by atoms with Crippen molar-refractivity contribution in [3.05, 3.63) is 63.3 Å². The Morgan fingerprint density at radius 2 is 1.91 bits per heavy atom. The number of hydrogen-bond acceptors (Lipinski definition) is 5. The molecule has 4 rings (SSSR count). The molecule has 2 N–H and O–H groups in total. The van der Waals surface area contributed by atoms with Gasteiger partial charge in [-0.05, 0) is 43.5 Å². The van der Waals surface area contributed by atoms with Gasteiger partial charge in [0.25, 0.3) is 11.5 Å². The zero-order valence-electron chi connectivity index (χ0n) is 17.6. The number of carbonyl (C=O) groups excluding carboxylic acids is 1. The molecule has 0 bridgehead atoms. The van der Waals surface area contributed by atoms with E-state index in [2.05, 4.69) is 20.3 Å². The SMILES string of the molecule is CNC(=O)c1ccc(N2CCC(F)(Cc3ccc4nc(C)c(=O)[nH]c4c3F)CC2)c(F)n1. The highest BCUT2D eigenvalue weighted by Gasteiger charge is 2.36. The maximum atomic E-state index is 15.5. The molecule has 0 unspecified atom stereocenters. The summed E-state index contributed by atoms with van der Waals surface area (Å²) in [5.41, 5.74) is -1.39. The Morgan fingerprint density at radius 1 is 1.19 bits per heavy atom. The number of anilines is 1. The number of aromatic amines is 1. The van der Waals surface area contributed by atoms with Gasteiger partial charge in [-0.1, -0.05) is 6.07 Å². The molecule has 3 aromatic rings. The van der Waals surface area contributed by atoms with Crippen molar-refractivity contribution in [2.45, 2.75) is 31.9 Å². The first-order valence-corrected chi connectivity index (χ1v) is 10.2. The molecule has 3 heterocycles. The van der Waals surface area contributed by atoms with Crippen LogP contribution < -0.4 is 15.8 Å². The molecule has 1 aliphatic heterocycles. The molecule has 1 fully saturated rings. The van der Waals surface area contributed by atoms with Crippen LogP contribution in [0, 0.1) is 18.7 Å². The smallest absolute Gasteiger partial charge is 0.269 e. The number of amides is 1. The summed E-state index contributed by atoms with van der Waals surface area (Å²) in [6, 6.07) is 5.91. The molecule has 0 radical (unpaired) electrons. The van der Waals surface area contributed by atoms with E-state index in [0.717, 1.165) is 0 Å². The molecule has 1 aromatic carbocycles. The number of halogens is 3. The highest BCUT2D eigenvalue weighted by Crippen LogP contribution is 2.34. The second-order valence-corrected chi connectivity index (χ2v) is 7.98. The number of hydrogen-bond donors (Lipinski definition) is 2. The topological polar surface area (TPSA) is 91.0 Å². The first kappa shape index (κ1) is 21.8. The number of benzene rings is 1. The molecule has 0 saturated carbocycles. The fourth-order valence-corrected chi connectivity index (χ4v) is 3.98. The normalized spacial score (nSPS) is 15.7. The number of nitrogens with one attached hydrogen (secondary N) is 2. The molecule has 10 heteroatoms. The first-order chi connectivity index (χ1) is 15.2. The summed E-state index contributed by atoms with van der Waals surface area (Å²) >= 11 is 0. The minimum atomic E-state index is -1.69. The minimum Gasteiger partial charge on any atom is -0.368 e. The van der Waals surface area contributed by atoms with Crippen molar-refractivity contribution in [3.63, 3.8) is 0 Å². The molecular weight excluding hydrogens is 423 g/mol. The van der Waals surface area contributed by atoms with Crippen LogP contribution in [0.15, 0.2) is 29.1 Å². The molecule has 1 amide bonds. The van der Waals surface area contributed by atoms with E-state index in [4.69, 9.17) is 0 Å². The van der Waals surface area contributed by atoms with Crippen LogP contribution in [0.2, 0.25) is 0 Å². The van der Waals surface area contributed by atoms with Gasteiger partial charge in [-0.15, -0.1) is 0 Å². The summed E-state index contributed by atoms with van der Waals surface area (Å²) in [6.45, 7) is 1.95. The fraction of sp³-hybridized carbons (Fsp3) is 0.364. The average Bonchev–Trinajstić information content (AvgIpc) is 2.77. The quantitative estimate of drug-likeness (QED) is 0.603. The van der Waals surface area contributed by atoms with Gasteiger partial charge < -0.3 is 15.2 Å². The summed E-state index contributed by atoms with van der Waals surface area (Å²) in [5, 5.41) is 2.38. The van der Waals surface area contributed by atoms with Gasteiger partial charge in [0.1, 0.15) is 22.6 Å². The van der Waals surface area contributed by atoms with Crippen LogP contribution in [0.5, 0.6) is 0 Å². The number of fused-ring (bicyclic) bond motifs is 1. The number of rotatable bonds is 4. The van der Waals surface area contributed by atoms with Crippen molar-refractivity contribution in [3.8, 4) is 0 Å². The fourth-order valence-electron chi connectivity index (χ4n) is 3.98. The lowest BCUT2D eigenvalue weighted by molar-refractivity contribution is 0.0957. The summed E-state index contributed by atoms with van der Waals surface area (Å²) < 4.78 is 44.9. The molecule has 32 heavy (non-hydrogen) atoms. The number of H-pyrrole nitrogens is 1. The number of piperidine rings is 1. The second-order valence-electron chi connectivity index (χ2n) is 7.98. The van der Waals surface area contributed by atoms with Crippen LogP contribution in [0.3, 0.4) is 0 Å². The van der Waals surface area contributed by atoms with E-state index in [1.807, 2.05) is 0 Å². The first-order valence-electron chi connectivity index (χ1n) is 10.2. The van der Waals surface area contributed by atoms with Crippen molar-refractivity contribution in [2.24, 2.45) is 0 Å². The van der Waals surface area contributed by atoms with E-state index in [1.54, 1.807) is 11.0 Å². The van der Waals surface area contributed by atoms with Crippen molar-refractivity contribution in [1.82, 2.24) is 20.3 Å². The van der Waals surface area contributed by atoms with Gasteiger partial charge in [-0.3, -0.25) is 9.59 Å². The minimum absolute atomic E-state index is 0.0384. The second kappa shape index (κ2) is 8.25. The maximum absolute atomic E-state index is 15.5. The van der Waals surface area contributed by atoms with Crippen molar-refractivity contribution < 1.29 is 18.0 Å². The molecule has 7 nitrogen and oxygen atoms in total. The lowest BCUT2D eigenvalue weighted by atomic mass is 9.86. The monoisotopic (exact) mass is 445 g/mol. The van der Waals surface area contributed by atoms with E-state index in [-0.39, 0.29) is 60.5 Å². The summed E-state index contributed by atoms with van der Waals surface area (Å²) in [5.74, 6) is -1.99. The molecule has 0 aliphatic carbocycles. The molecule has 2 aromatic heterocycles. The third kappa shape index (κ3) is 4.04. The maximum Gasteiger partial charge on any atom is 0.269 e. The van der Waals surface area contributed by atoms with E-state index < -0.39 is 28.9 Å². The molecule has 1 aliphatic rings. The number of carbonyl (C=O) groups is 1. The predicted octanol–water partition coefficient (Wildman–Crippen LogP) is 2.82. The van der Waals surface area contributed by atoms with Crippen LogP contribution in [0.4, 0.5) is 18.9 Å². The zero-order valence-corrected chi connectivity index (χ0v) is 17.6. The van der Waals surface area contributed by atoms with Gasteiger partial charge in [0.2, 0.25) is 5.95 Å². The van der Waals surface area contributed by atoms with Gasteiger partial charge in [0, 0.05) is 26.6 Å². The van der Waals surface area contributed by atoms with Gasteiger partial charge in [0.05, 0.1) is 11.2 Å². The van der Waals surface area contributed by atoms with Crippen LogP contribution in [-0.2, 0) is 6.42 Å². The Bertz CT molecular complexity index is 1250. The lowest BCUT2D eigenvalue weighted by Crippen LogP contribution is -2.43. The number of pyridine rings is 1. The van der Waals surface area contributed by atoms with Crippen LogP contribution in [0.1, 0.15) is 34.6 Å². The number of alkyl halides is 1. The van der Waals surface area contributed by atoms with Crippen LogP contribution >= 0.6 is 0 Å². The molecule has 0 atom stereocenters. The summed E-state index contributed by atoms with van der Waals surface area (Å²) in [7, 11) is 1.43. The zero-order chi connectivity index (χ0) is 23.0. The van der Waals surface area contributed by atoms with E-state index >= 15 is 4.39 Å². The van der Waals surface area contributed by atoms with E-state index in [1.165, 1.54) is 32.2 Å².